The number of allylic oxidation sites excluding steroid dienone is 3. The number of urea groups is 1. The third-order valence-corrected chi connectivity index (χ3v) is 4.02. The van der Waals surface area contributed by atoms with E-state index in [2.05, 4.69) is 11.9 Å². The molecule has 1 fully saturated rings. The summed E-state index contributed by atoms with van der Waals surface area (Å²) in [5, 5.41) is 2.77. The minimum Gasteiger partial charge on any atom is -0.378 e. The first kappa shape index (κ1) is 18.7. The first-order valence-corrected chi connectivity index (χ1v) is 8.29. The lowest BCUT2D eigenvalue weighted by molar-refractivity contribution is -0.126. The van der Waals surface area contributed by atoms with E-state index in [1.807, 2.05) is 37.3 Å². The number of aryl methyl sites for hydroxylation is 1. The first-order valence-electron chi connectivity index (χ1n) is 8.29. The minimum atomic E-state index is -0.522. The summed E-state index contributed by atoms with van der Waals surface area (Å²) < 4.78 is 5.22. The summed E-state index contributed by atoms with van der Waals surface area (Å²) in [6, 6.07) is 8.97. The predicted octanol–water partition coefficient (Wildman–Crippen LogP) is 3.20. The number of carbonyl (C=O) groups is 2. The normalized spacial score (nSPS) is 19.4. The van der Waals surface area contributed by atoms with E-state index in [0.717, 1.165) is 12.0 Å². The van der Waals surface area contributed by atoms with Crippen LogP contribution in [0.2, 0.25) is 0 Å². The smallest absolute Gasteiger partial charge is 0.329 e. The molecular formula is C20H24N2O3. The van der Waals surface area contributed by atoms with Crippen molar-refractivity contribution in [2.45, 2.75) is 31.9 Å². The molecule has 0 spiro atoms. The number of hydrogen-bond donors (Lipinski definition) is 1. The molecule has 2 rings (SSSR count). The molecule has 25 heavy (non-hydrogen) atoms. The fraction of sp³-hybridized carbons (Fsp3) is 0.300. The summed E-state index contributed by atoms with van der Waals surface area (Å²) in [7, 11) is 1.57. The van der Waals surface area contributed by atoms with Crippen LogP contribution in [-0.4, -0.2) is 36.1 Å². The molecule has 1 aromatic carbocycles. The second kappa shape index (κ2) is 8.99. The van der Waals surface area contributed by atoms with Crippen LogP contribution >= 0.6 is 0 Å². The van der Waals surface area contributed by atoms with Crippen LogP contribution in [0.5, 0.6) is 0 Å². The molecule has 1 heterocycles. The van der Waals surface area contributed by atoms with Gasteiger partial charge < -0.3 is 10.1 Å². The third-order valence-electron chi connectivity index (χ3n) is 4.02. The van der Waals surface area contributed by atoms with Gasteiger partial charge in [-0.2, -0.15) is 0 Å². The molecule has 1 aliphatic rings. The fourth-order valence-corrected chi connectivity index (χ4v) is 2.61. The van der Waals surface area contributed by atoms with Gasteiger partial charge in [0.15, 0.2) is 0 Å². The van der Waals surface area contributed by atoms with Crippen molar-refractivity contribution >= 4 is 11.9 Å². The first-order chi connectivity index (χ1) is 12.1. The highest BCUT2D eigenvalue weighted by atomic mass is 16.5. The molecule has 1 saturated heterocycles. The predicted molar refractivity (Wildman–Crippen MR) is 97.8 cm³/mol. The Balaban J connectivity index is 2.13. The highest BCUT2D eigenvalue weighted by molar-refractivity contribution is 6.06. The van der Waals surface area contributed by atoms with Gasteiger partial charge in [0.25, 0.3) is 5.91 Å². The highest BCUT2D eigenvalue weighted by Crippen LogP contribution is 2.19. The zero-order chi connectivity index (χ0) is 18.2. The van der Waals surface area contributed by atoms with Gasteiger partial charge in [-0.3, -0.25) is 4.79 Å². The fourth-order valence-electron chi connectivity index (χ4n) is 2.61. The van der Waals surface area contributed by atoms with Gasteiger partial charge in [0.1, 0.15) is 6.04 Å². The number of carbonyl (C=O) groups excluding carboxylic acids is 2. The Morgan fingerprint density at radius 1 is 1.36 bits per heavy atom. The van der Waals surface area contributed by atoms with Crippen molar-refractivity contribution < 1.29 is 14.3 Å². The summed E-state index contributed by atoms with van der Waals surface area (Å²) in [6.07, 6.45) is 7.75. The molecule has 132 valence electrons. The van der Waals surface area contributed by atoms with Gasteiger partial charge in [0, 0.05) is 7.11 Å². The summed E-state index contributed by atoms with van der Waals surface area (Å²) >= 11 is 0. The number of rotatable bonds is 8. The molecule has 0 aliphatic carbocycles. The Morgan fingerprint density at radius 3 is 2.72 bits per heavy atom. The van der Waals surface area contributed by atoms with Crippen LogP contribution in [-0.2, 0) is 16.0 Å². The molecule has 1 aromatic rings. The van der Waals surface area contributed by atoms with Crippen LogP contribution in [0, 0.1) is 0 Å². The Labute approximate surface area is 148 Å². The van der Waals surface area contributed by atoms with Crippen molar-refractivity contribution in [1.29, 1.82) is 0 Å². The maximum absolute atomic E-state index is 12.7. The zero-order valence-electron chi connectivity index (χ0n) is 14.6. The molecule has 2 unspecified atom stereocenters. The highest BCUT2D eigenvalue weighted by Gasteiger charge is 2.39. The van der Waals surface area contributed by atoms with Gasteiger partial charge in [-0.1, -0.05) is 49.1 Å². The molecule has 2 atom stereocenters. The molecule has 1 N–H and O–H groups in total. The molecule has 0 bridgehead atoms. The lowest BCUT2D eigenvalue weighted by Gasteiger charge is -2.16. The number of nitrogens with zero attached hydrogens (tertiary/aromatic N) is 1. The van der Waals surface area contributed by atoms with Crippen molar-refractivity contribution in [3.63, 3.8) is 0 Å². The third kappa shape index (κ3) is 4.90. The zero-order valence-corrected chi connectivity index (χ0v) is 14.6. The van der Waals surface area contributed by atoms with Gasteiger partial charge >= 0.3 is 6.03 Å². The van der Waals surface area contributed by atoms with Crippen molar-refractivity contribution in [1.82, 2.24) is 10.2 Å². The Morgan fingerprint density at radius 2 is 2.08 bits per heavy atom. The summed E-state index contributed by atoms with van der Waals surface area (Å²) in [4.78, 5) is 26.2. The van der Waals surface area contributed by atoms with Crippen LogP contribution in [0.15, 0.2) is 66.9 Å². The van der Waals surface area contributed by atoms with E-state index in [0.29, 0.717) is 12.1 Å². The van der Waals surface area contributed by atoms with E-state index in [4.69, 9.17) is 4.74 Å². The number of methoxy groups -OCH3 is 1. The molecular weight excluding hydrogens is 316 g/mol. The lowest BCUT2D eigenvalue weighted by Crippen LogP contribution is -2.31. The average molecular weight is 340 g/mol. The minimum absolute atomic E-state index is 0.228. The SMILES string of the molecule is C=C/C=C\C(=C/C(C)OC)N1C(=O)NC(CCc2ccccc2)C1=O. The van der Waals surface area contributed by atoms with Crippen molar-refractivity contribution in [2.24, 2.45) is 0 Å². The molecule has 1 aliphatic heterocycles. The molecule has 0 radical (unpaired) electrons. The summed E-state index contributed by atoms with van der Waals surface area (Å²) in [5.74, 6) is -0.246. The Bertz CT molecular complexity index is 679. The number of imide groups is 1. The van der Waals surface area contributed by atoms with Gasteiger partial charge in [-0.05, 0) is 37.5 Å². The molecule has 3 amide bonds. The summed E-state index contributed by atoms with van der Waals surface area (Å²) in [6.45, 7) is 5.47. The lowest BCUT2D eigenvalue weighted by atomic mass is 10.1. The molecule has 5 nitrogen and oxygen atoms in total. The van der Waals surface area contributed by atoms with E-state index >= 15 is 0 Å². The second-order valence-electron chi connectivity index (χ2n) is 5.83. The molecule has 0 aromatic heterocycles. The standard InChI is InChI=1S/C20H24N2O3/c1-4-5-11-17(14-15(2)25-3)22-19(23)18(21-20(22)24)13-12-16-9-7-6-8-10-16/h4-11,14-15,18H,1,12-13H2,2-3H3,(H,21,24)/b11-5-,17-14+. The van der Waals surface area contributed by atoms with Gasteiger partial charge in [0.2, 0.25) is 0 Å². The van der Waals surface area contributed by atoms with Gasteiger partial charge in [-0.25, -0.2) is 9.69 Å². The molecule has 5 heteroatoms. The van der Waals surface area contributed by atoms with Crippen LogP contribution in [0.3, 0.4) is 0 Å². The van der Waals surface area contributed by atoms with Crippen LogP contribution in [0.1, 0.15) is 18.9 Å². The van der Waals surface area contributed by atoms with Crippen LogP contribution in [0.25, 0.3) is 0 Å². The number of hydrogen-bond acceptors (Lipinski definition) is 3. The number of benzene rings is 1. The van der Waals surface area contributed by atoms with E-state index in [1.165, 1.54) is 4.90 Å². The van der Waals surface area contributed by atoms with E-state index in [9.17, 15) is 9.59 Å². The Kier molecular flexibility index (Phi) is 6.71. The van der Waals surface area contributed by atoms with Crippen molar-refractivity contribution in [2.75, 3.05) is 7.11 Å². The monoisotopic (exact) mass is 340 g/mol. The van der Waals surface area contributed by atoms with Gasteiger partial charge in [-0.15, -0.1) is 0 Å². The number of nitrogens with one attached hydrogen (secondary N) is 1. The van der Waals surface area contributed by atoms with Gasteiger partial charge in [0.05, 0.1) is 11.8 Å². The number of ether oxygens (including phenoxy) is 1. The summed E-state index contributed by atoms with van der Waals surface area (Å²) in [5.41, 5.74) is 1.62. The second-order valence-corrected chi connectivity index (χ2v) is 5.83. The maximum Gasteiger partial charge on any atom is 0.329 e. The van der Waals surface area contributed by atoms with E-state index in [1.54, 1.807) is 31.4 Å². The van der Waals surface area contributed by atoms with Crippen LogP contribution < -0.4 is 5.32 Å². The largest absolute Gasteiger partial charge is 0.378 e. The van der Waals surface area contributed by atoms with E-state index in [-0.39, 0.29) is 12.0 Å². The quantitative estimate of drug-likeness (QED) is 0.584. The molecule has 0 saturated carbocycles. The maximum atomic E-state index is 12.7. The Hall–Kier alpha value is -2.66. The average Bonchev–Trinajstić information content (AvgIpc) is 2.91. The van der Waals surface area contributed by atoms with E-state index < -0.39 is 12.1 Å². The number of amides is 3. The topological polar surface area (TPSA) is 58.6 Å². The van der Waals surface area contributed by atoms with Crippen molar-refractivity contribution in [3.8, 4) is 0 Å². The van der Waals surface area contributed by atoms with Crippen molar-refractivity contribution in [3.05, 3.63) is 72.5 Å². The van der Waals surface area contributed by atoms with Crippen LogP contribution in [0.4, 0.5) is 4.79 Å².